The maximum Gasteiger partial charge on any atom is 0.252 e. The number of amides is 1. The van der Waals surface area contributed by atoms with Crippen LogP contribution in [0.4, 0.5) is 0 Å². The van der Waals surface area contributed by atoms with Crippen molar-refractivity contribution in [1.29, 1.82) is 0 Å². The van der Waals surface area contributed by atoms with Gasteiger partial charge in [-0.2, -0.15) is 0 Å². The number of nitrogens with zero attached hydrogens (tertiary/aromatic N) is 1. The third-order valence-electron chi connectivity index (χ3n) is 5.20. The molecule has 0 bridgehead atoms. The lowest BCUT2D eigenvalue weighted by Gasteiger charge is -2.39. The highest BCUT2D eigenvalue weighted by Crippen LogP contribution is 2.39. The molecule has 2 unspecified atom stereocenters. The predicted molar refractivity (Wildman–Crippen MR) is 95.7 cm³/mol. The molecular weight excluding hydrogens is 314 g/mol. The average molecular weight is 337 g/mol. The van der Waals surface area contributed by atoms with E-state index in [1.165, 1.54) is 5.56 Å². The first-order valence-corrected chi connectivity index (χ1v) is 8.92. The van der Waals surface area contributed by atoms with E-state index in [1.807, 2.05) is 35.2 Å². The van der Waals surface area contributed by atoms with Gasteiger partial charge in [-0.3, -0.25) is 4.79 Å². The molecule has 0 radical (unpaired) electrons. The predicted octanol–water partition coefficient (Wildman–Crippen LogP) is 3.35. The van der Waals surface area contributed by atoms with Crippen LogP contribution in [0.2, 0.25) is 0 Å². The average Bonchev–Trinajstić information content (AvgIpc) is 3.21. The highest BCUT2D eigenvalue weighted by Gasteiger charge is 2.37. The van der Waals surface area contributed by atoms with Crippen molar-refractivity contribution in [3.8, 4) is 5.75 Å². The standard InChI is InChI=1S/C21H23NO3/c1-24-18-10-5-9-17-16(18)12-13-22(21(23)19-11-6-14-25-19)20(17)15-7-3-2-4-8-15/h2-5,7-10,19-20H,6,11-14H2,1H3. The number of benzene rings is 2. The third kappa shape index (κ3) is 2.91. The normalized spacial score (nSPS) is 22.5. The molecule has 1 amide bonds. The van der Waals surface area contributed by atoms with E-state index in [9.17, 15) is 4.79 Å². The molecule has 25 heavy (non-hydrogen) atoms. The molecule has 2 aromatic carbocycles. The molecule has 0 saturated carbocycles. The lowest BCUT2D eigenvalue weighted by atomic mass is 9.87. The summed E-state index contributed by atoms with van der Waals surface area (Å²) in [5, 5.41) is 0. The van der Waals surface area contributed by atoms with Crippen molar-refractivity contribution in [3.05, 3.63) is 65.2 Å². The van der Waals surface area contributed by atoms with E-state index < -0.39 is 0 Å². The van der Waals surface area contributed by atoms with Crippen molar-refractivity contribution in [3.63, 3.8) is 0 Å². The molecule has 4 rings (SSSR count). The minimum atomic E-state index is -0.293. The van der Waals surface area contributed by atoms with E-state index in [2.05, 4.69) is 18.2 Å². The number of carbonyl (C=O) groups is 1. The van der Waals surface area contributed by atoms with Crippen LogP contribution in [-0.2, 0) is 16.0 Å². The first-order chi connectivity index (χ1) is 12.3. The largest absolute Gasteiger partial charge is 0.496 e. The second-order valence-corrected chi connectivity index (χ2v) is 6.62. The zero-order chi connectivity index (χ0) is 17.2. The molecular formula is C21H23NO3. The number of ether oxygens (including phenoxy) is 2. The summed E-state index contributed by atoms with van der Waals surface area (Å²) in [6, 6.07) is 16.3. The van der Waals surface area contributed by atoms with Crippen molar-refractivity contribution in [2.75, 3.05) is 20.3 Å². The molecule has 130 valence electrons. The van der Waals surface area contributed by atoms with Gasteiger partial charge in [0.2, 0.25) is 0 Å². The second kappa shape index (κ2) is 6.89. The lowest BCUT2D eigenvalue weighted by Crippen LogP contribution is -2.45. The van der Waals surface area contributed by atoms with Crippen molar-refractivity contribution in [2.24, 2.45) is 0 Å². The third-order valence-corrected chi connectivity index (χ3v) is 5.20. The summed E-state index contributed by atoms with van der Waals surface area (Å²) in [6.45, 7) is 1.37. The van der Waals surface area contributed by atoms with E-state index in [4.69, 9.17) is 9.47 Å². The molecule has 4 heteroatoms. The Bertz CT molecular complexity index is 753. The van der Waals surface area contributed by atoms with Gasteiger partial charge in [0.05, 0.1) is 13.2 Å². The topological polar surface area (TPSA) is 38.8 Å². The van der Waals surface area contributed by atoms with E-state index >= 15 is 0 Å². The molecule has 1 fully saturated rings. The van der Waals surface area contributed by atoms with E-state index in [1.54, 1.807) is 7.11 Å². The van der Waals surface area contributed by atoms with Gasteiger partial charge in [-0.05, 0) is 36.5 Å². The number of carbonyl (C=O) groups excluding carboxylic acids is 1. The molecule has 2 aliphatic heterocycles. The van der Waals surface area contributed by atoms with Gasteiger partial charge in [0.25, 0.3) is 5.91 Å². The zero-order valence-electron chi connectivity index (χ0n) is 14.5. The highest BCUT2D eigenvalue weighted by molar-refractivity contribution is 5.82. The maximum absolute atomic E-state index is 13.1. The van der Waals surface area contributed by atoms with Gasteiger partial charge < -0.3 is 14.4 Å². The van der Waals surface area contributed by atoms with Crippen LogP contribution in [-0.4, -0.2) is 37.2 Å². The summed E-state index contributed by atoms with van der Waals surface area (Å²) >= 11 is 0. The van der Waals surface area contributed by atoms with Gasteiger partial charge >= 0.3 is 0 Å². The van der Waals surface area contributed by atoms with Gasteiger partial charge in [0.15, 0.2) is 0 Å². The fourth-order valence-electron chi connectivity index (χ4n) is 4.02. The van der Waals surface area contributed by atoms with Crippen molar-refractivity contribution in [2.45, 2.75) is 31.4 Å². The Kier molecular flexibility index (Phi) is 4.45. The summed E-state index contributed by atoms with van der Waals surface area (Å²) in [6.07, 6.45) is 2.30. The summed E-state index contributed by atoms with van der Waals surface area (Å²) in [7, 11) is 1.71. The summed E-state index contributed by atoms with van der Waals surface area (Å²) in [5.74, 6) is 1.02. The number of hydrogen-bond acceptors (Lipinski definition) is 3. The highest BCUT2D eigenvalue weighted by atomic mass is 16.5. The van der Waals surface area contributed by atoms with Crippen molar-refractivity contribution >= 4 is 5.91 Å². The Morgan fingerprint density at radius 1 is 1.16 bits per heavy atom. The van der Waals surface area contributed by atoms with Crippen LogP contribution in [0, 0.1) is 0 Å². The Balaban J connectivity index is 1.78. The second-order valence-electron chi connectivity index (χ2n) is 6.62. The van der Waals surface area contributed by atoms with Crippen LogP contribution in [0.1, 0.15) is 35.6 Å². The smallest absolute Gasteiger partial charge is 0.252 e. The molecule has 0 aliphatic carbocycles. The molecule has 0 N–H and O–H groups in total. The first-order valence-electron chi connectivity index (χ1n) is 8.92. The van der Waals surface area contributed by atoms with Crippen LogP contribution in [0.15, 0.2) is 48.5 Å². The SMILES string of the molecule is COc1cccc2c1CCN(C(=O)C1CCCO1)C2c1ccccc1. The molecule has 1 saturated heterocycles. The van der Waals surface area contributed by atoms with Gasteiger partial charge in [-0.1, -0.05) is 42.5 Å². The van der Waals surface area contributed by atoms with Gasteiger partial charge in [-0.25, -0.2) is 0 Å². The van der Waals surface area contributed by atoms with Crippen LogP contribution in [0.3, 0.4) is 0 Å². The number of methoxy groups -OCH3 is 1. The van der Waals surface area contributed by atoms with E-state index in [-0.39, 0.29) is 18.1 Å². The maximum atomic E-state index is 13.1. The van der Waals surface area contributed by atoms with E-state index in [0.29, 0.717) is 13.2 Å². The molecule has 2 atom stereocenters. The van der Waals surface area contributed by atoms with Crippen LogP contribution < -0.4 is 4.74 Å². The van der Waals surface area contributed by atoms with Gasteiger partial charge in [0.1, 0.15) is 11.9 Å². The molecule has 2 aromatic rings. The number of fused-ring (bicyclic) bond motifs is 1. The Morgan fingerprint density at radius 2 is 2.00 bits per heavy atom. The van der Waals surface area contributed by atoms with Gasteiger partial charge in [-0.15, -0.1) is 0 Å². The van der Waals surface area contributed by atoms with Gasteiger partial charge in [0, 0.05) is 18.7 Å². The monoisotopic (exact) mass is 337 g/mol. The molecule has 0 spiro atoms. The number of rotatable bonds is 3. The Hall–Kier alpha value is -2.33. The minimum absolute atomic E-state index is 0.0863. The fraction of sp³-hybridized carbons (Fsp3) is 0.381. The van der Waals surface area contributed by atoms with Crippen molar-refractivity contribution < 1.29 is 14.3 Å². The first kappa shape index (κ1) is 16.2. The molecule has 2 aliphatic rings. The summed E-state index contributed by atoms with van der Waals surface area (Å²) in [5.41, 5.74) is 3.49. The quantitative estimate of drug-likeness (QED) is 0.862. The Labute approximate surface area is 148 Å². The van der Waals surface area contributed by atoms with Crippen LogP contribution in [0.25, 0.3) is 0 Å². The fourth-order valence-corrected chi connectivity index (χ4v) is 4.02. The molecule has 0 aromatic heterocycles. The summed E-state index contributed by atoms with van der Waals surface area (Å²) < 4.78 is 11.2. The minimum Gasteiger partial charge on any atom is -0.496 e. The number of hydrogen-bond donors (Lipinski definition) is 0. The van der Waals surface area contributed by atoms with Crippen LogP contribution >= 0.6 is 0 Å². The molecule has 4 nitrogen and oxygen atoms in total. The van der Waals surface area contributed by atoms with E-state index in [0.717, 1.165) is 36.1 Å². The Morgan fingerprint density at radius 3 is 2.72 bits per heavy atom. The summed E-state index contributed by atoms with van der Waals surface area (Å²) in [4.78, 5) is 15.1. The molecule has 2 heterocycles. The lowest BCUT2D eigenvalue weighted by molar-refractivity contribution is -0.143. The zero-order valence-corrected chi connectivity index (χ0v) is 14.5. The van der Waals surface area contributed by atoms with Crippen LogP contribution in [0.5, 0.6) is 5.75 Å². The van der Waals surface area contributed by atoms with Crippen molar-refractivity contribution in [1.82, 2.24) is 4.90 Å².